The lowest BCUT2D eigenvalue weighted by atomic mass is 10.1. The summed E-state index contributed by atoms with van der Waals surface area (Å²) in [4.78, 5) is 11.8. The molecule has 1 N–H and O–H groups in total. The summed E-state index contributed by atoms with van der Waals surface area (Å²) in [6.07, 6.45) is -3.99. The Balaban J connectivity index is 1.91. The van der Waals surface area contributed by atoms with Crippen molar-refractivity contribution < 1.29 is 26.4 Å². The van der Waals surface area contributed by atoms with Crippen molar-refractivity contribution in [1.82, 2.24) is 5.32 Å². The van der Waals surface area contributed by atoms with Crippen molar-refractivity contribution in [2.45, 2.75) is 30.5 Å². The second kappa shape index (κ2) is 6.88. The van der Waals surface area contributed by atoms with Gasteiger partial charge < -0.3 is 5.32 Å². The van der Waals surface area contributed by atoms with Gasteiger partial charge in [-0.3, -0.25) is 9.10 Å². The topological polar surface area (TPSA) is 66.5 Å². The zero-order valence-corrected chi connectivity index (χ0v) is 15.1. The summed E-state index contributed by atoms with van der Waals surface area (Å²) < 4.78 is 64.3. The fourth-order valence-corrected chi connectivity index (χ4v) is 4.84. The Bertz CT molecular complexity index is 974. The van der Waals surface area contributed by atoms with Crippen LogP contribution in [0.1, 0.15) is 22.8 Å². The van der Waals surface area contributed by atoms with E-state index in [1.807, 2.05) is 12.1 Å². The zero-order valence-electron chi connectivity index (χ0n) is 14.3. The first-order chi connectivity index (χ1) is 12.6. The van der Waals surface area contributed by atoms with Crippen LogP contribution in [0.4, 0.5) is 18.9 Å². The van der Waals surface area contributed by atoms with E-state index in [1.54, 1.807) is 24.4 Å². The van der Waals surface area contributed by atoms with E-state index in [1.165, 1.54) is 22.5 Å². The summed E-state index contributed by atoms with van der Waals surface area (Å²) in [5.41, 5.74) is 1.31. The van der Waals surface area contributed by atoms with Crippen LogP contribution in [0.25, 0.3) is 0 Å². The third-order valence-electron chi connectivity index (χ3n) is 4.25. The van der Waals surface area contributed by atoms with Crippen LogP contribution in [0.2, 0.25) is 0 Å². The van der Waals surface area contributed by atoms with Gasteiger partial charge in [-0.2, -0.15) is 13.2 Å². The van der Waals surface area contributed by atoms with Crippen LogP contribution >= 0.6 is 0 Å². The largest absolute Gasteiger partial charge is 0.405 e. The summed E-state index contributed by atoms with van der Waals surface area (Å²) in [7, 11) is -3.97. The molecule has 2 aromatic carbocycles. The SMILES string of the molecule is CC1Cc2ccccc2N1S(=O)(=O)c1cccc(C(=O)NCC(F)(F)F)c1. The molecule has 1 unspecified atom stereocenters. The third kappa shape index (κ3) is 3.92. The van der Waals surface area contributed by atoms with Gasteiger partial charge >= 0.3 is 6.18 Å². The number of amides is 1. The molecule has 5 nitrogen and oxygen atoms in total. The first-order valence-corrected chi connectivity index (χ1v) is 9.61. The Morgan fingerprint density at radius 2 is 1.89 bits per heavy atom. The fraction of sp³-hybridized carbons (Fsp3) is 0.278. The van der Waals surface area contributed by atoms with Crippen molar-refractivity contribution in [1.29, 1.82) is 0 Å². The normalized spacial score (nSPS) is 16.9. The lowest BCUT2D eigenvalue weighted by Gasteiger charge is -2.24. The third-order valence-corrected chi connectivity index (χ3v) is 6.17. The molecule has 144 valence electrons. The number of rotatable bonds is 4. The molecule has 0 saturated carbocycles. The summed E-state index contributed by atoms with van der Waals surface area (Å²) in [6, 6.07) is 11.8. The Morgan fingerprint density at radius 3 is 2.59 bits per heavy atom. The van der Waals surface area contributed by atoms with E-state index in [0.717, 1.165) is 11.6 Å². The van der Waals surface area contributed by atoms with Crippen LogP contribution in [-0.4, -0.2) is 33.1 Å². The number of fused-ring (bicyclic) bond motifs is 1. The molecule has 1 heterocycles. The fourth-order valence-electron chi connectivity index (χ4n) is 3.10. The second-order valence-corrected chi connectivity index (χ2v) is 8.12. The average Bonchev–Trinajstić information content (AvgIpc) is 2.95. The highest BCUT2D eigenvalue weighted by molar-refractivity contribution is 7.92. The van der Waals surface area contributed by atoms with Gasteiger partial charge in [0.1, 0.15) is 6.54 Å². The van der Waals surface area contributed by atoms with E-state index in [9.17, 15) is 26.4 Å². The Hall–Kier alpha value is -2.55. The molecule has 3 rings (SSSR count). The van der Waals surface area contributed by atoms with Gasteiger partial charge in [0.2, 0.25) is 0 Å². The minimum Gasteiger partial charge on any atom is -0.343 e. The van der Waals surface area contributed by atoms with E-state index in [-0.39, 0.29) is 16.5 Å². The zero-order chi connectivity index (χ0) is 19.8. The van der Waals surface area contributed by atoms with Crippen LogP contribution in [0, 0.1) is 0 Å². The van der Waals surface area contributed by atoms with Crippen molar-refractivity contribution in [3.63, 3.8) is 0 Å². The van der Waals surface area contributed by atoms with Gasteiger partial charge in [0.05, 0.1) is 10.6 Å². The molecular weight excluding hydrogens is 381 g/mol. The standard InChI is InChI=1S/C18H17F3N2O3S/c1-12-9-13-5-2-3-8-16(13)23(12)27(25,26)15-7-4-6-14(10-15)17(24)22-11-18(19,20)21/h2-8,10,12H,9,11H2,1H3,(H,22,24). The van der Waals surface area contributed by atoms with Gasteiger partial charge in [-0.25, -0.2) is 8.42 Å². The molecule has 1 aliphatic heterocycles. The molecule has 0 bridgehead atoms. The summed E-state index contributed by atoms with van der Waals surface area (Å²) in [5.74, 6) is -0.987. The number of anilines is 1. The van der Waals surface area contributed by atoms with Crippen molar-refractivity contribution in [2.24, 2.45) is 0 Å². The molecule has 0 aliphatic carbocycles. The predicted molar refractivity (Wildman–Crippen MR) is 94.1 cm³/mol. The number of hydrogen-bond donors (Lipinski definition) is 1. The molecule has 1 atom stereocenters. The number of alkyl halides is 3. The lowest BCUT2D eigenvalue weighted by molar-refractivity contribution is -0.123. The summed E-state index contributed by atoms with van der Waals surface area (Å²) >= 11 is 0. The van der Waals surface area contributed by atoms with Gasteiger partial charge in [0.15, 0.2) is 0 Å². The van der Waals surface area contributed by atoms with Gasteiger partial charge in [-0.1, -0.05) is 24.3 Å². The van der Waals surface area contributed by atoms with E-state index < -0.39 is 28.7 Å². The molecule has 0 spiro atoms. The number of halogens is 3. The van der Waals surface area contributed by atoms with Gasteiger partial charge in [0, 0.05) is 11.6 Å². The molecule has 2 aromatic rings. The van der Waals surface area contributed by atoms with Crippen molar-refractivity contribution in [3.8, 4) is 0 Å². The first kappa shape index (κ1) is 19.2. The van der Waals surface area contributed by atoms with E-state index >= 15 is 0 Å². The number of nitrogens with zero attached hydrogens (tertiary/aromatic N) is 1. The molecule has 27 heavy (non-hydrogen) atoms. The van der Waals surface area contributed by atoms with Crippen molar-refractivity contribution >= 4 is 21.6 Å². The molecule has 0 saturated heterocycles. The number of sulfonamides is 1. The molecule has 0 aromatic heterocycles. The number of benzene rings is 2. The molecular formula is C18H17F3N2O3S. The predicted octanol–water partition coefficient (Wildman–Crippen LogP) is 3.12. The van der Waals surface area contributed by atoms with Gasteiger partial charge in [-0.15, -0.1) is 0 Å². The highest BCUT2D eigenvalue weighted by atomic mass is 32.2. The molecule has 1 amide bonds. The molecule has 0 radical (unpaired) electrons. The maximum absolute atomic E-state index is 13.1. The van der Waals surface area contributed by atoms with E-state index in [4.69, 9.17) is 0 Å². The Morgan fingerprint density at radius 1 is 1.19 bits per heavy atom. The Labute approximate surface area is 154 Å². The van der Waals surface area contributed by atoms with Crippen LogP contribution in [-0.2, 0) is 16.4 Å². The van der Waals surface area contributed by atoms with E-state index in [0.29, 0.717) is 12.1 Å². The molecule has 0 fully saturated rings. The monoisotopic (exact) mass is 398 g/mol. The lowest BCUT2D eigenvalue weighted by Crippen LogP contribution is -2.36. The van der Waals surface area contributed by atoms with Crippen molar-refractivity contribution in [3.05, 3.63) is 59.7 Å². The summed E-state index contributed by atoms with van der Waals surface area (Å²) in [5, 5.41) is 1.74. The molecule has 9 heteroatoms. The summed E-state index contributed by atoms with van der Waals surface area (Å²) in [6.45, 7) is 0.288. The van der Waals surface area contributed by atoms with E-state index in [2.05, 4.69) is 0 Å². The number of nitrogens with one attached hydrogen (secondary N) is 1. The van der Waals surface area contributed by atoms with Gasteiger partial charge in [-0.05, 0) is 43.2 Å². The minimum atomic E-state index is -4.55. The van der Waals surface area contributed by atoms with Crippen molar-refractivity contribution in [2.75, 3.05) is 10.8 Å². The first-order valence-electron chi connectivity index (χ1n) is 8.17. The second-order valence-electron chi connectivity index (χ2n) is 6.31. The number of carbonyl (C=O) groups excluding carboxylic acids is 1. The van der Waals surface area contributed by atoms with Crippen LogP contribution in [0.15, 0.2) is 53.4 Å². The average molecular weight is 398 g/mol. The molecule has 1 aliphatic rings. The highest BCUT2D eigenvalue weighted by Crippen LogP contribution is 2.36. The maximum Gasteiger partial charge on any atom is 0.405 e. The van der Waals surface area contributed by atoms with Crippen LogP contribution in [0.5, 0.6) is 0 Å². The van der Waals surface area contributed by atoms with Gasteiger partial charge in [0.25, 0.3) is 15.9 Å². The maximum atomic E-state index is 13.1. The highest BCUT2D eigenvalue weighted by Gasteiger charge is 2.36. The quantitative estimate of drug-likeness (QED) is 0.861. The van der Waals surface area contributed by atoms with Crippen LogP contribution in [0.3, 0.4) is 0 Å². The minimum absolute atomic E-state index is 0.147. The number of para-hydroxylation sites is 1. The number of hydrogen-bond acceptors (Lipinski definition) is 3. The number of carbonyl (C=O) groups is 1. The van der Waals surface area contributed by atoms with Crippen LogP contribution < -0.4 is 9.62 Å². The Kier molecular flexibility index (Phi) is 4.90. The smallest absolute Gasteiger partial charge is 0.343 e.